The summed E-state index contributed by atoms with van der Waals surface area (Å²) in [4.78, 5) is 12.9. The van der Waals surface area contributed by atoms with Crippen LogP contribution in [0.5, 0.6) is 0 Å². The van der Waals surface area contributed by atoms with Crippen molar-refractivity contribution in [3.05, 3.63) is 0 Å². The Labute approximate surface area is 72.2 Å². The average Bonchev–Trinajstić information content (AvgIpc) is 2.12. The maximum absolute atomic E-state index is 9.81. The van der Waals surface area contributed by atoms with E-state index in [9.17, 15) is 4.79 Å². The predicted octanol–water partition coefficient (Wildman–Crippen LogP) is 1.07. The van der Waals surface area contributed by atoms with E-state index in [0.29, 0.717) is 6.54 Å². The Morgan fingerprint density at radius 2 is 2.60 bits per heavy atom. The van der Waals surface area contributed by atoms with Gasteiger partial charge in [-0.2, -0.15) is 4.99 Å². The van der Waals surface area contributed by atoms with Crippen LogP contribution in [0.4, 0.5) is 0 Å². The number of carbonyl (C=O) groups excluding carboxylic acids is 1. The minimum absolute atomic E-state index is 0.269. The van der Waals surface area contributed by atoms with Crippen LogP contribution >= 0.6 is 35.0 Å². The summed E-state index contributed by atoms with van der Waals surface area (Å²) in [5, 5.41) is 2.82. The summed E-state index contributed by atoms with van der Waals surface area (Å²) in [6.45, 7) is 0.391. The van der Waals surface area contributed by atoms with Gasteiger partial charge in [-0.3, -0.25) is 5.32 Å². The lowest BCUT2D eigenvalue weighted by Gasteiger charge is -2.08. The number of isocyanates is 1. The molecule has 1 aliphatic rings. The summed E-state index contributed by atoms with van der Waals surface area (Å²) < 4.78 is -0.936. The van der Waals surface area contributed by atoms with Gasteiger partial charge in [0.25, 0.3) is 0 Å². The second-order valence-electron chi connectivity index (χ2n) is 1.71. The lowest BCUT2D eigenvalue weighted by molar-refractivity contribution is 0.560. The van der Waals surface area contributed by atoms with Crippen molar-refractivity contribution in [1.82, 2.24) is 5.32 Å². The van der Waals surface area contributed by atoms with Crippen LogP contribution in [0.15, 0.2) is 4.99 Å². The van der Waals surface area contributed by atoms with Crippen LogP contribution in [0.2, 0.25) is 0 Å². The first-order chi connectivity index (χ1) is 4.66. The zero-order valence-electron chi connectivity index (χ0n) is 4.80. The molecule has 0 radical (unpaired) electrons. The zero-order valence-corrected chi connectivity index (χ0v) is 7.13. The fourth-order valence-corrected chi connectivity index (χ4v) is 2.36. The molecule has 1 N–H and O–H groups in total. The fraction of sp³-hybridized carbons (Fsp3) is 0.750. The average molecular weight is 199 g/mol. The molecule has 1 rings (SSSR count). The molecule has 1 heterocycles. The quantitative estimate of drug-likeness (QED) is 0.297. The Morgan fingerprint density at radius 3 is 3.00 bits per heavy atom. The van der Waals surface area contributed by atoms with Crippen molar-refractivity contribution in [1.29, 1.82) is 0 Å². The minimum Gasteiger partial charge on any atom is -0.288 e. The van der Waals surface area contributed by atoms with Crippen LogP contribution in [-0.2, 0) is 4.79 Å². The molecule has 2 atom stereocenters. The van der Waals surface area contributed by atoms with Gasteiger partial charge in [-0.25, -0.2) is 4.79 Å². The van der Waals surface area contributed by atoms with Crippen LogP contribution in [0, 0.1) is 0 Å². The number of thioether (sulfide) groups is 1. The molecule has 0 amide bonds. The molecule has 0 aromatic carbocycles. The molecule has 0 saturated carbocycles. The van der Waals surface area contributed by atoms with Gasteiger partial charge in [0.1, 0.15) is 4.83 Å². The minimum atomic E-state index is -0.936. The van der Waals surface area contributed by atoms with Crippen molar-refractivity contribution < 1.29 is 4.79 Å². The van der Waals surface area contributed by atoms with Gasteiger partial charge in [-0.05, 0) is 0 Å². The van der Waals surface area contributed by atoms with Gasteiger partial charge in [0, 0.05) is 6.54 Å². The summed E-state index contributed by atoms with van der Waals surface area (Å²) >= 11 is 12.5. The van der Waals surface area contributed by atoms with Gasteiger partial charge in [0.15, 0.2) is 0 Å². The molecule has 0 aromatic heterocycles. The SMILES string of the molecule is O=C=NC1(Cl)CNC(Cl)S1. The van der Waals surface area contributed by atoms with E-state index in [2.05, 4.69) is 10.3 Å². The van der Waals surface area contributed by atoms with Gasteiger partial charge in [0.05, 0.1) is 0 Å². The van der Waals surface area contributed by atoms with E-state index >= 15 is 0 Å². The van der Waals surface area contributed by atoms with E-state index in [1.807, 2.05) is 0 Å². The third-order valence-electron chi connectivity index (χ3n) is 0.977. The molecule has 1 fully saturated rings. The van der Waals surface area contributed by atoms with Gasteiger partial charge >= 0.3 is 0 Å². The Bertz CT molecular complexity index is 184. The molecule has 0 spiro atoms. The summed E-state index contributed by atoms with van der Waals surface area (Å²) in [5.74, 6) is 0. The highest BCUT2D eigenvalue weighted by Crippen LogP contribution is 2.39. The molecule has 0 aromatic rings. The van der Waals surface area contributed by atoms with Gasteiger partial charge in [0.2, 0.25) is 10.4 Å². The summed E-state index contributed by atoms with van der Waals surface area (Å²) in [6.07, 6.45) is 1.39. The van der Waals surface area contributed by atoms with Crippen LogP contribution in [0.25, 0.3) is 0 Å². The number of rotatable bonds is 1. The first kappa shape index (κ1) is 8.37. The number of alkyl halides is 2. The Kier molecular flexibility index (Phi) is 2.61. The number of aliphatic imine (C=N–C) groups is 1. The van der Waals surface area contributed by atoms with E-state index in [-0.39, 0.29) is 4.83 Å². The lowest BCUT2D eigenvalue weighted by atomic mass is 10.6. The highest BCUT2D eigenvalue weighted by molar-refractivity contribution is 8.03. The first-order valence-corrected chi connectivity index (χ1v) is 4.19. The molecule has 10 heavy (non-hydrogen) atoms. The second-order valence-corrected chi connectivity index (χ2v) is 4.63. The third-order valence-corrected chi connectivity index (χ3v) is 2.85. The Morgan fingerprint density at radius 1 is 1.90 bits per heavy atom. The molecule has 2 unspecified atom stereocenters. The number of hydrogen-bond acceptors (Lipinski definition) is 4. The van der Waals surface area contributed by atoms with Crippen molar-refractivity contribution in [2.45, 2.75) is 9.16 Å². The van der Waals surface area contributed by atoms with Crippen molar-refractivity contribution >= 4 is 41.0 Å². The largest absolute Gasteiger partial charge is 0.288 e. The number of nitrogens with one attached hydrogen (secondary N) is 1. The van der Waals surface area contributed by atoms with E-state index in [0.717, 1.165) is 0 Å². The van der Waals surface area contributed by atoms with Crippen molar-refractivity contribution in [3.8, 4) is 0 Å². The Hall–Kier alpha value is 0.270. The van der Waals surface area contributed by atoms with Crippen molar-refractivity contribution in [2.75, 3.05) is 6.54 Å². The zero-order chi connectivity index (χ0) is 7.61. The van der Waals surface area contributed by atoms with Crippen LogP contribution in [-0.4, -0.2) is 21.8 Å². The van der Waals surface area contributed by atoms with Crippen molar-refractivity contribution in [2.24, 2.45) is 4.99 Å². The van der Waals surface area contributed by atoms with Gasteiger partial charge in [-0.15, -0.1) is 0 Å². The number of nitrogens with zero attached hydrogens (tertiary/aromatic N) is 1. The fourth-order valence-electron chi connectivity index (χ4n) is 0.582. The lowest BCUT2D eigenvalue weighted by Crippen LogP contribution is -2.20. The molecule has 1 saturated heterocycles. The van der Waals surface area contributed by atoms with Crippen LogP contribution in [0.3, 0.4) is 0 Å². The maximum Gasteiger partial charge on any atom is 0.237 e. The van der Waals surface area contributed by atoms with E-state index in [1.165, 1.54) is 17.8 Å². The second kappa shape index (κ2) is 3.11. The van der Waals surface area contributed by atoms with Crippen molar-refractivity contribution in [3.63, 3.8) is 0 Å². The molecule has 1 aliphatic heterocycles. The summed E-state index contributed by atoms with van der Waals surface area (Å²) in [6, 6.07) is 0. The number of halogens is 2. The summed E-state index contributed by atoms with van der Waals surface area (Å²) in [5.41, 5.74) is 0. The molecule has 0 bridgehead atoms. The van der Waals surface area contributed by atoms with Crippen LogP contribution in [0.1, 0.15) is 0 Å². The standard InChI is InChI=1S/C4H4Cl2N2OS/c5-3-7-1-4(6,10-3)8-2-9/h3,7H,1H2. The number of hydrogen-bond donors (Lipinski definition) is 1. The van der Waals surface area contributed by atoms with E-state index < -0.39 is 4.33 Å². The molecule has 0 aliphatic carbocycles. The molecule has 3 nitrogen and oxygen atoms in total. The highest BCUT2D eigenvalue weighted by Gasteiger charge is 2.37. The maximum atomic E-state index is 9.81. The van der Waals surface area contributed by atoms with Gasteiger partial charge in [-0.1, -0.05) is 35.0 Å². The third kappa shape index (κ3) is 1.87. The van der Waals surface area contributed by atoms with E-state index in [4.69, 9.17) is 23.2 Å². The van der Waals surface area contributed by atoms with E-state index in [1.54, 1.807) is 0 Å². The normalized spacial score (nSPS) is 39.2. The molecule has 56 valence electrons. The van der Waals surface area contributed by atoms with Gasteiger partial charge < -0.3 is 0 Å². The smallest absolute Gasteiger partial charge is 0.237 e. The topological polar surface area (TPSA) is 41.5 Å². The Balaban J connectivity index is 2.63. The first-order valence-electron chi connectivity index (χ1n) is 2.49. The predicted molar refractivity (Wildman–Crippen MR) is 41.9 cm³/mol. The monoisotopic (exact) mass is 198 g/mol. The molecular formula is C4H4Cl2N2OS. The molecular weight excluding hydrogens is 195 g/mol. The summed E-state index contributed by atoms with van der Waals surface area (Å²) in [7, 11) is 0. The highest BCUT2D eigenvalue weighted by atomic mass is 35.5. The van der Waals surface area contributed by atoms with Crippen LogP contribution < -0.4 is 5.32 Å². The molecule has 6 heteroatoms.